The van der Waals surface area contributed by atoms with Crippen molar-refractivity contribution in [2.75, 3.05) is 25.9 Å². The van der Waals surface area contributed by atoms with Crippen molar-refractivity contribution in [2.24, 2.45) is 4.99 Å². The molecular formula is C11H26N4O2S. The summed E-state index contributed by atoms with van der Waals surface area (Å²) < 4.78 is 24.9. The van der Waals surface area contributed by atoms with Crippen LogP contribution < -0.4 is 15.4 Å². The van der Waals surface area contributed by atoms with Crippen molar-refractivity contribution in [1.82, 2.24) is 15.4 Å². The van der Waals surface area contributed by atoms with Crippen molar-refractivity contribution in [3.8, 4) is 0 Å². The van der Waals surface area contributed by atoms with E-state index in [1.807, 2.05) is 0 Å². The Bertz CT molecular complexity index is 358. The van der Waals surface area contributed by atoms with Gasteiger partial charge in [0.05, 0.1) is 5.75 Å². The van der Waals surface area contributed by atoms with E-state index in [-0.39, 0.29) is 11.3 Å². The average molecular weight is 278 g/mol. The van der Waals surface area contributed by atoms with Crippen LogP contribution in [0.4, 0.5) is 0 Å². The summed E-state index contributed by atoms with van der Waals surface area (Å²) in [6.07, 6.45) is 0.712. The molecule has 0 rings (SSSR count). The van der Waals surface area contributed by atoms with E-state index in [1.165, 1.54) is 0 Å². The molecular weight excluding hydrogens is 252 g/mol. The zero-order valence-electron chi connectivity index (χ0n) is 12.0. The molecule has 3 N–H and O–H groups in total. The van der Waals surface area contributed by atoms with Crippen LogP contribution >= 0.6 is 0 Å². The van der Waals surface area contributed by atoms with Crippen molar-refractivity contribution >= 4 is 16.0 Å². The first-order valence-corrected chi connectivity index (χ1v) is 7.81. The maximum absolute atomic E-state index is 11.2. The molecule has 0 heterocycles. The van der Waals surface area contributed by atoms with Crippen LogP contribution in [0.2, 0.25) is 0 Å². The highest BCUT2D eigenvalue weighted by atomic mass is 32.2. The lowest BCUT2D eigenvalue weighted by Gasteiger charge is -2.23. The molecule has 0 saturated carbocycles. The lowest BCUT2D eigenvalue weighted by molar-refractivity contribution is 0.501. The van der Waals surface area contributed by atoms with Gasteiger partial charge in [-0.05, 0) is 34.1 Å². The van der Waals surface area contributed by atoms with Gasteiger partial charge in [0.15, 0.2) is 5.96 Å². The Morgan fingerprint density at radius 1 is 1.22 bits per heavy atom. The van der Waals surface area contributed by atoms with E-state index in [0.29, 0.717) is 19.5 Å². The average Bonchev–Trinajstić information content (AvgIpc) is 2.25. The van der Waals surface area contributed by atoms with E-state index >= 15 is 0 Å². The Hall–Kier alpha value is -0.820. The van der Waals surface area contributed by atoms with Gasteiger partial charge in [-0.25, -0.2) is 13.1 Å². The molecule has 7 heteroatoms. The second-order valence-electron chi connectivity index (χ2n) is 5.03. The lowest BCUT2D eigenvalue weighted by atomic mass is 10.1. The van der Waals surface area contributed by atoms with Crippen molar-refractivity contribution in [3.63, 3.8) is 0 Å². The molecule has 0 bridgehead atoms. The SMILES string of the molecule is CCS(=O)(=O)NCCCNC(=NC)NC(C)(C)C. The van der Waals surface area contributed by atoms with E-state index in [4.69, 9.17) is 0 Å². The minimum Gasteiger partial charge on any atom is -0.356 e. The summed E-state index contributed by atoms with van der Waals surface area (Å²) in [5.74, 6) is 0.842. The largest absolute Gasteiger partial charge is 0.356 e. The van der Waals surface area contributed by atoms with E-state index in [1.54, 1.807) is 14.0 Å². The molecule has 0 saturated heterocycles. The van der Waals surface area contributed by atoms with Crippen molar-refractivity contribution in [3.05, 3.63) is 0 Å². The molecule has 0 aromatic heterocycles. The number of hydrogen-bond donors (Lipinski definition) is 3. The van der Waals surface area contributed by atoms with Gasteiger partial charge >= 0.3 is 0 Å². The number of guanidine groups is 1. The maximum atomic E-state index is 11.2. The van der Waals surface area contributed by atoms with Crippen LogP contribution in [-0.4, -0.2) is 45.8 Å². The van der Waals surface area contributed by atoms with E-state index in [9.17, 15) is 8.42 Å². The fourth-order valence-electron chi connectivity index (χ4n) is 1.16. The standard InChI is InChI=1S/C11H26N4O2S/c1-6-18(16,17)14-9-7-8-13-10(12-5)15-11(2,3)4/h14H,6-9H2,1-5H3,(H2,12,13,15). The van der Waals surface area contributed by atoms with Gasteiger partial charge in [0.1, 0.15) is 0 Å². The molecule has 0 amide bonds. The molecule has 0 aromatic carbocycles. The quantitative estimate of drug-likeness (QED) is 0.370. The molecule has 0 aliphatic rings. The number of hydrogen-bond acceptors (Lipinski definition) is 3. The van der Waals surface area contributed by atoms with Gasteiger partial charge in [-0.1, -0.05) is 0 Å². The molecule has 18 heavy (non-hydrogen) atoms. The minimum absolute atomic E-state index is 0.0500. The van der Waals surface area contributed by atoms with Crippen molar-refractivity contribution in [2.45, 2.75) is 39.7 Å². The summed E-state index contributed by atoms with van der Waals surface area (Å²) in [6, 6.07) is 0. The molecule has 0 aliphatic heterocycles. The monoisotopic (exact) mass is 278 g/mol. The Morgan fingerprint density at radius 2 is 1.83 bits per heavy atom. The topological polar surface area (TPSA) is 82.6 Å². The van der Waals surface area contributed by atoms with Gasteiger partial charge in [-0.2, -0.15) is 0 Å². The predicted molar refractivity (Wildman–Crippen MR) is 76.3 cm³/mol. The van der Waals surface area contributed by atoms with Gasteiger partial charge in [-0.15, -0.1) is 0 Å². The number of nitrogens with one attached hydrogen (secondary N) is 3. The fraction of sp³-hybridized carbons (Fsp3) is 0.909. The highest BCUT2D eigenvalue weighted by molar-refractivity contribution is 7.89. The van der Waals surface area contributed by atoms with Crippen LogP contribution in [0.15, 0.2) is 4.99 Å². The van der Waals surface area contributed by atoms with Crippen LogP contribution in [0.3, 0.4) is 0 Å². The van der Waals surface area contributed by atoms with Crippen LogP contribution in [0.1, 0.15) is 34.1 Å². The highest BCUT2D eigenvalue weighted by Crippen LogP contribution is 1.97. The third kappa shape index (κ3) is 9.23. The lowest BCUT2D eigenvalue weighted by Crippen LogP contribution is -2.48. The molecule has 0 aromatic rings. The number of aliphatic imine (C=N–C) groups is 1. The zero-order chi connectivity index (χ0) is 14.2. The van der Waals surface area contributed by atoms with Crippen LogP contribution in [-0.2, 0) is 10.0 Å². The van der Waals surface area contributed by atoms with Crippen LogP contribution in [0.25, 0.3) is 0 Å². The summed E-state index contributed by atoms with van der Waals surface area (Å²) in [6.45, 7) is 8.88. The second-order valence-corrected chi connectivity index (χ2v) is 7.12. The van der Waals surface area contributed by atoms with E-state index in [0.717, 1.165) is 5.96 Å². The molecule has 6 nitrogen and oxygen atoms in total. The third-order valence-electron chi connectivity index (χ3n) is 2.07. The first-order chi connectivity index (χ1) is 8.20. The molecule has 0 aliphatic carbocycles. The molecule has 0 fully saturated rings. The number of sulfonamides is 1. The number of nitrogens with zero attached hydrogens (tertiary/aromatic N) is 1. The normalized spacial score (nSPS) is 13.5. The highest BCUT2D eigenvalue weighted by Gasteiger charge is 2.11. The van der Waals surface area contributed by atoms with Crippen LogP contribution in [0, 0.1) is 0 Å². The predicted octanol–water partition coefficient (Wildman–Crippen LogP) is 0.279. The Morgan fingerprint density at radius 3 is 2.28 bits per heavy atom. The van der Waals surface area contributed by atoms with Crippen molar-refractivity contribution in [1.29, 1.82) is 0 Å². The van der Waals surface area contributed by atoms with Gasteiger partial charge in [-0.3, -0.25) is 4.99 Å². The summed E-state index contributed by atoms with van der Waals surface area (Å²) in [7, 11) is -1.37. The third-order valence-corrected chi connectivity index (χ3v) is 3.47. The van der Waals surface area contributed by atoms with E-state index < -0.39 is 10.0 Å². The van der Waals surface area contributed by atoms with E-state index in [2.05, 4.69) is 41.1 Å². The summed E-state index contributed by atoms with van der Waals surface area (Å²) in [5.41, 5.74) is -0.0500. The molecule has 0 radical (unpaired) electrons. The first-order valence-electron chi connectivity index (χ1n) is 6.16. The Kier molecular flexibility index (Phi) is 7.23. The molecule has 0 unspecified atom stereocenters. The van der Waals surface area contributed by atoms with Gasteiger partial charge < -0.3 is 10.6 Å². The summed E-state index contributed by atoms with van der Waals surface area (Å²) >= 11 is 0. The summed E-state index contributed by atoms with van der Waals surface area (Å²) in [4.78, 5) is 4.09. The first kappa shape index (κ1) is 17.2. The molecule has 108 valence electrons. The summed E-state index contributed by atoms with van der Waals surface area (Å²) in [5, 5.41) is 6.36. The minimum atomic E-state index is -3.08. The maximum Gasteiger partial charge on any atom is 0.211 e. The molecule has 0 spiro atoms. The van der Waals surface area contributed by atoms with Gasteiger partial charge in [0.25, 0.3) is 0 Å². The molecule has 0 atom stereocenters. The smallest absolute Gasteiger partial charge is 0.211 e. The number of rotatable bonds is 6. The van der Waals surface area contributed by atoms with Crippen molar-refractivity contribution < 1.29 is 8.42 Å². The Balaban J connectivity index is 3.84. The fourth-order valence-corrected chi connectivity index (χ4v) is 1.82. The van der Waals surface area contributed by atoms with Crippen LogP contribution in [0.5, 0.6) is 0 Å². The zero-order valence-corrected chi connectivity index (χ0v) is 12.8. The Labute approximate surface area is 111 Å². The second kappa shape index (κ2) is 7.58. The van der Waals surface area contributed by atoms with Gasteiger partial charge in [0, 0.05) is 25.7 Å². The van der Waals surface area contributed by atoms with Gasteiger partial charge in [0.2, 0.25) is 10.0 Å².